The molecule has 0 amide bonds. The molecule has 21 heavy (non-hydrogen) atoms. The van der Waals surface area contributed by atoms with Crippen molar-refractivity contribution in [3.8, 4) is 0 Å². The Kier molecular flexibility index (Phi) is 5.33. The third-order valence-corrected chi connectivity index (χ3v) is 3.59. The molecule has 5 heteroatoms. The highest BCUT2D eigenvalue weighted by molar-refractivity contribution is 5.92. The molecular formula is C16H22N2O3. The van der Waals surface area contributed by atoms with E-state index in [1.54, 1.807) is 18.2 Å². The average Bonchev–Trinajstić information content (AvgIpc) is 2.81. The van der Waals surface area contributed by atoms with Gasteiger partial charge in [-0.3, -0.25) is 0 Å². The van der Waals surface area contributed by atoms with Crippen molar-refractivity contribution in [2.24, 2.45) is 0 Å². The van der Waals surface area contributed by atoms with Crippen molar-refractivity contribution in [3.63, 3.8) is 0 Å². The maximum absolute atomic E-state index is 11.1. The van der Waals surface area contributed by atoms with E-state index in [4.69, 9.17) is 10.2 Å². The molecule has 5 nitrogen and oxygen atoms in total. The fraction of sp³-hybridized carbons (Fsp3) is 0.500. The van der Waals surface area contributed by atoms with E-state index < -0.39 is 5.97 Å². The van der Waals surface area contributed by atoms with Crippen molar-refractivity contribution in [2.45, 2.75) is 45.6 Å². The molecule has 0 atom stereocenters. The normalized spacial score (nSPS) is 11.1. The first-order valence-corrected chi connectivity index (χ1v) is 7.50. The molecule has 0 radical (unpaired) electrons. The van der Waals surface area contributed by atoms with E-state index in [0.717, 1.165) is 55.5 Å². The SMILES string of the molecule is CCCc1nc2ccc(C(=O)O)cc2n1CCCCCO. The van der Waals surface area contributed by atoms with Gasteiger partial charge >= 0.3 is 5.97 Å². The number of carbonyl (C=O) groups is 1. The summed E-state index contributed by atoms with van der Waals surface area (Å²) in [5.74, 6) is 0.0982. The summed E-state index contributed by atoms with van der Waals surface area (Å²) >= 11 is 0. The van der Waals surface area contributed by atoms with Crippen LogP contribution in [0.25, 0.3) is 11.0 Å². The first kappa shape index (κ1) is 15.5. The standard InChI is InChI=1S/C16H22N2O3/c1-2-6-15-17-13-8-7-12(16(20)21)11-14(13)18(15)9-4-3-5-10-19/h7-8,11,19H,2-6,9-10H2,1H3,(H,20,21). The lowest BCUT2D eigenvalue weighted by Gasteiger charge is -2.08. The molecule has 1 aromatic carbocycles. The second-order valence-electron chi connectivity index (χ2n) is 5.22. The van der Waals surface area contributed by atoms with Gasteiger partial charge in [-0.15, -0.1) is 0 Å². The van der Waals surface area contributed by atoms with Gasteiger partial charge in [0.05, 0.1) is 16.6 Å². The number of aromatic carboxylic acids is 1. The van der Waals surface area contributed by atoms with Gasteiger partial charge in [0.2, 0.25) is 0 Å². The second-order valence-corrected chi connectivity index (χ2v) is 5.22. The van der Waals surface area contributed by atoms with Gasteiger partial charge in [-0.1, -0.05) is 6.92 Å². The Morgan fingerprint density at radius 3 is 2.76 bits per heavy atom. The fourth-order valence-corrected chi connectivity index (χ4v) is 2.53. The number of imidazole rings is 1. The number of carboxylic acid groups (broad SMARTS) is 1. The van der Waals surface area contributed by atoms with E-state index in [0.29, 0.717) is 5.56 Å². The molecule has 0 aliphatic heterocycles. The molecule has 0 aliphatic carbocycles. The fourth-order valence-electron chi connectivity index (χ4n) is 2.53. The van der Waals surface area contributed by atoms with Gasteiger partial charge in [-0.25, -0.2) is 9.78 Å². The topological polar surface area (TPSA) is 75.3 Å². The van der Waals surface area contributed by atoms with Gasteiger partial charge in [0, 0.05) is 19.6 Å². The van der Waals surface area contributed by atoms with Gasteiger partial charge in [0.1, 0.15) is 5.82 Å². The Balaban J connectivity index is 2.34. The molecular weight excluding hydrogens is 268 g/mol. The molecule has 2 aromatic rings. The van der Waals surface area contributed by atoms with Crippen LogP contribution in [-0.4, -0.2) is 32.3 Å². The Hall–Kier alpha value is -1.88. The van der Waals surface area contributed by atoms with E-state index in [-0.39, 0.29) is 6.61 Å². The Morgan fingerprint density at radius 1 is 1.29 bits per heavy atom. The van der Waals surface area contributed by atoms with E-state index in [9.17, 15) is 4.79 Å². The number of fused-ring (bicyclic) bond motifs is 1. The Morgan fingerprint density at radius 2 is 2.10 bits per heavy atom. The van der Waals surface area contributed by atoms with Crippen molar-refractivity contribution in [1.29, 1.82) is 0 Å². The monoisotopic (exact) mass is 290 g/mol. The molecule has 0 bridgehead atoms. The summed E-state index contributed by atoms with van der Waals surface area (Å²) < 4.78 is 2.13. The van der Waals surface area contributed by atoms with E-state index in [1.807, 2.05) is 0 Å². The van der Waals surface area contributed by atoms with Crippen LogP contribution in [0, 0.1) is 0 Å². The largest absolute Gasteiger partial charge is 0.478 e. The summed E-state index contributed by atoms with van der Waals surface area (Å²) in [6.45, 7) is 3.14. The molecule has 0 aliphatic rings. The van der Waals surface area contributed by atoms with Crippen LogP contribution in [0.3, 0.4) is 0 Å². The minimum atomic E-state index is -0.915. The number of aryl methyl sites for hydroxylation is 2. The zero-order valence-corrected chi connectivity index (χ0v) is 12.4. The molecule has 1 aromatic heterocycles. The van der Waals surface area contributed by atoms with E-state index >= 15 is 0 Å². The third-order valence-electron chi connectivity index (χ3n) is 3.59. The van der Waals surface area contributed by atoms with Gasteiger partial charge in [-0.05, 0) is 43.9 Å². The number of aromatic nitrogens is 2. The smallest absolute Gasteiger partial charge is 0.335 e. The van der Waals surface area contributed by atoms with Crippen LogP contribution in [0.15, 0.2) is 18.2 Å². The molecule has 114 valence electrons. The number of hydrogen-bond donors (Lipinski definition) is 2. The lowest BCUT2D eigenvalue weighted by molar-refractivity contribution is 0.0697. The van der Waals surface area contributed by atoms with Crippen molar-refractivity contribution in [3.05, 3.63) is 29.6 Å². The van der Waals surface area contributed by atoms with Crippen LogP contribution in [0.5, 0.6) is 0 Å². The van der Waals surface area contributed by atoms with E-state index in [2.05, 4.69) is 16.5 Å². The van der Waals surface area contributed by atoms with Crippen LogP contribution < -0.4 is 0 Å². The Labute approximate surface area is 124 Å². The highest BCUT2D eigenvalue weighted by Gasteiger charge is 2.12. The van der Waals surface area contributed by atoms with Gasteiger partial charge in [0.25, 0.3) is 0 Å². The number of benzene rings is 1. The molecule has 0 unspecified atom stereocenters. The quantitative estimate of drug-likeness (QED) is 0.733. The summed E-state index contributed by atoms with van der Waals surface area (Å²) in [5.41, 5.74) is 2.04. The first-order valence-electron chi connectivity index (χ1n) is 7.50. The maximum atomic E-state index is 11.1. The number of aliphatic hydroxyl groups is 1. The molecule has 2 rings (SSSR count). The summed E-state index contributed by atoms with van der Waals surface area (Å²) in [6, 6.07) is 5.08. The molecule has 0 fully saturated rings. The van der Waals surface area contributed by atoms with Crippen molar-refractivity contribution >= 4 is 17.0 Å². The van der Waals surface area contributed by atoms with Crippen molar-refractivity contribution in [2.75, 3.05) is 6.61 Å². The van der Waals surface area contributed by atoms with Crippen molar-refractivity contribution < 1.29 is 15.0 Å². The lowest BCUT2D eigenvalue weighted by Crippen LogP contribution is -2.05. The number of hydrogen-bond acceptors (Lipinski definition) is 3. The van der Waals surface area contributed by atoms with Crippen LogP contribution in [-0.2, 0) is 13.0 Å². The van der Waals surface area contributed by atoms with Crippen LogP contribution in [0.1, 0.15) is 48.8 Å². The first-order chi connectivity index (χ1) is 10.2. The predicted molar refractivity (Wildman–Crippen MR) is 81.6 cm³/mol. The van der Waals surface area contributed by atoms with Gasteiger partial charge < -0.3 is 14.8 Å². The highest BCUT2D eigenvalue weighted by Crippen LogP contribution is 2.20. The molecule has 2 N–H and O–H groups in total. The summed E-state index contributed by atoms with van der Waals surface area (Å²) in [6.07, 6.45) is 4.61. The molecule has 1 heterocycles. The molecule has 0 saturated carbocycles. The summed E-state index contributed by atoms with van der Waals surface area (Å²) in [7, 11) is 0. The minimum Gasteiger partial charge on any atom is -0.478 e. The Bertz CT molecular complexity index is 619. The molecule has 0 spiro atoms. The van der Waals surface area contributed by atoms with Crippen LogP contribution >= 0.6 is 0 Å². The second kappa shape index (κ2) is 7.22. The number of carboxylic acids is 1. The van der Waals surface area contributed by atoms with Gasteiger partial charge in [-0.2, -0.15) is 0 Å². The van der Waals surface area contributed by atoms with Crippen LogP contribution in [0.2, 0.25) is 0 Å². The van der Waals surface area contributed by atoms with E-state index in [1.165, 1.54) is 0 Å². The van der Waals surface area contributed by atoms with Crippen molar-refractivity contribution in [1.82, 2.24) is 9.55 Å². The number of aliphatic hydroxyl groups excluding tert-OH is 1. The predicted octanol–water partition coefficient (Wildman–Crippen LogP) is 2.85. The maximum Gasteiger partial charge on any atom is 0.335 e. The summed E-state index contributed by atoms with van der Waals surface area (Å²) in [4.78, 5) is 15.8. The number of rotatable bonds is 8. The number of nitrogens with zero attached hydrogens (tertiary/aromatic N) is 2. The number of unbranched alkanes of at least 4 members (excludes halogenated alkanes) is 2. The van der Waals surface area contributed by atoms with Gasteiger partial charge in [0.15, 0.2) is 0 Å². The third kappa shape index (κ3) is 3.61. The average molecular weight is 290 g/mol. The molecule has 0 saturated heterocycles. The highest BCUT2D eigenvalue weighted by atomic mass is 16.4. The lowest BCUT2D eigenvalue weighted by atomic mass is 10.2. The minimum absolute atomic E-state index is 0.218. The summed E-state index contributed by atoms with van der Waals surface area (Å²) in [5, 5.41) is 18.0. The van der Waals surface area contributed by atoms with Crippen LogP contribution in [0.4, 0.5) is 0 Å². The zero-order chi connectivity index (χ0) is 15.2. The zero-order valence-electron chi connectivity index (χ0n) is 12.4.